The maximum atomic E-state index is 12.0. The molecule has 0 bridgehead atoms. The Balaban J connectivity index is 2.06. The molecule has 0 saturated carbocycles. The Morgan fingerprint density at radius 3 is 2.88 bits per heavy atom. The molecule has 0 radical (unpaired) electrons. The number of methoxy groups -OCH3 is 1. The summed E-state index contributed by atoms with van der Waals surface area (Å²) in [5.41, 5.74) is 1.63. The van der Waals surface area contributed by atoms with Gasteiger partial charge in [0.2, 0.25) is 0 Å². The van der Waals surface area contributed by atoms with Crippen LogP contribution in [0.4, 0.5) is 0 Å². The van der Waals surface area contributed by atoms with Crippen LogP contribution in [0.1, 0.15) is 16.8 Å². The van der Waals surface area contributed by atoms with Crippen molar-refractivity contribution in [2.24, 2.45) is 0 Å². The number of hydrogen-bond donors (Lipinski definition) is 1. The van der Waals surface area contributed by atoms with Crippen molar-refractivity contribution in [3.05, 3.63) is 42.2 Å². The molecule has 1 amide bonds. The van der Waals surface area contributed by atoms with Gasteiger partial charge in [-0.3, -0.25) is 4.79 Å². The van der Waals surface area contributed by atoms with E-state index in [-0.39, 0.29) is 5.91 Å². The van der Waals surface area contributed by atoms with Gasteiger partial charge in [0.25, 0.3) is 5.91 Å². The minimum Gasteiger partial charge on any atom is -0.385 e. The molecule has 0 spiro atoms. The summed E-state index contributed by atoms with van der Waals surface area (Å²) in [4.78, 5) is 12.0. The van der Waals surface area contributed by atoms with Crippen LogP contribution in [0.2, 0.25) is 0 Å². The monoisotopic (exact) mass is 232 g/mol. The van der Waals surface area contributed by atoms with Gasteiger partial charge < -0.3 is 14.5 Å². The summed E-state index contributed by atoms with van der Waals surface area (Å²) in [6, 6.07) is 7.57. The Hall–Kier alpha value is -1.81. The third-order valence-corrected chi connectivity index (χ3v) is 2.62. The standard InChI is InChI=1S/C13H16N2O2/c1-17-10-4-7-14-13(16)11-5-2-8-15-9-3-6-12(11)15/h2-3,5-6,8-9H,4,7,10H2,1H3,(H,14,16). The van der Waals surface area contributed by atoms with E-state index < -0.39 is 0 Å². The van der Waals surface area contributed by atoms with Crippen molar-refractivity contribution < 1.29 is 9.53 Å². The van der Waals surface area contributed by atoms with Crippen LogP contribution in [0.3, 0.4) is 0 Å². The van der Waals surface area contributed by atoms with Crippen molar-refractivity contribution in [2.45, 2.75) is 6.42 Å². The minimum absolute atomic E-state index is 0.0367. The van der Waals surface area contributed by atoms with Crippen molar-refractivity contribution in [3.8, 4) is 0 Å². The quantitative estimate of drug-likeness (QED) is 0.797. The molecule has 0 aromatic carbocycles. The van der Waals surface area contributed by atoms with Crippen molar-refractivity contribution >= 4 is 11.4 Å². The lowest BCUT2D eigenvalue weighted by atomic mass is 10.2. The second-order valence-electron chi connectivity index (χ2n) is 3.82. The molecule has 0 aliphatic rings. The minimum atomic E-state index is -0.0367. The number of fused-ring (bicyclic) bond motifs is 1. The topological polar surface area (TPSA) is 42.7 Å². The van der Waals surface area contributed by atoms with Gasteiger partial charge in [-0.2, -0.15) is 0 Å². The van der Waals surface area contributed by atoms with E-state index in [1.165, 1.54) is 0 Å². The number of rotatable bonds is 5. The lowest BCUT2D eigenvalue weighted by Gasteiger charge is -2.06. The first kappa shape index (κ1) is 11.7. The van der Waals surface area contributed by atoms with Crippen LogP contribution in [-0.4, -0.2) is 30.6 Å². The normalized spacial score (nSPS) is 10.6. The van der Waals surface area contributed by atoms with E-state index in [1.807, 2.05) is 41.1 Å². The number of hydrogen-bond acceptors (Lipinski definition) is 2. The average Bonchev–Trinajstić information content (AvgIpc) is 2.82. The van der Waals surface area contributed by atoms with Gasteiger partial charge in [-0.1, -0.05) is 0 Å². The molecule has 17 heavy (non-hydrogen) atoms. The first-order valence-electron chi connectivity index (χ1n) is 5.66. The van der Waals surface area contributed by atoms with E-state index in [2.05, 4.69) is 5.32 Å². The number of nitrogens with one attached hydrogen (secondary N) is 1. The first-order valence-corrected chi connectivity index (χ1v) is 5.66. The Morgan fingerprint density at radius 1 is 1.35 bits per heavy atom. The van der Waals surface area contributed by atoms with E-state index in [4.69, 9.17) is 4.74 Å². The summed E-state index contributed by atoms with van der Waals surface area (Å²) in [6.07, 6.45) is 4.68. The van der Waals surface area contributed by atoms with Crippen LogP contribution in [-0.2, 0) is 4.74 Å². The molecular weight excluding hydrogens is 216 g/mol. The predicted octanol–water partition coefficient (Wildman–Crippen LogP) is 1.71. The van der Waals surface area contributed by atoms with Crippen LogP contribution >= 0.6 is 0 Å². The maximum absolute atomic E-state index is 12.0. The molecule has 90 valence electrons. The molecule has 0 aliphatic heterocycles. The van der Waals surface area contributed by atoms with Gasteiger partial charge in [0.15, 0.2) is 0 Å². The van der Waals surface area contributed by atoms with Crippen molar-refractivity contribution in [1.82, 2.24) is 9.72 Å². The van der Waals surface area contributed by atoms with Crippen molar-refractivity contribution in [3.63, 3.8) is 0 Å². The van der Waals surface area contributed by atoms with Gasteiger partial charge in [0.05, 0.1) is 11.1 Å². The van der Waals surface area contributed by atoms with Crippen LogP contribution < -0.4 is 5.32 Å². The molecule has 0 saturated heterocycles. The summed E-state index contributed by atoms with van der Waals surface area (Å²) in [5, 5.41) is 2.88. The zero-order valence-corrected chi connectivity index (χ0v) is 9.85. The Morgan fingerprint density at radius 2 is 2.12 bits per heavy atom. The smallest absolute Gasteiger partial charge is 0.253 e. The highest BCUT2D eigenvalue weighted by molar-refractivity contribution is 6.00. The molecular formula is C13H16N2O2. The highest BCUT2D eigenvalue weighted by atomic mass is 16.5. The SMILES string of the molecule is COCCCNC(=O)c1cccn2cccc12. The molecule has 1 N–H and O–H groups in total. The number of carbonyl (C=O) groups excluding carboxylic acids is 1. The molecule has 0 atom stereocenters. The highest BCUT2D eigenvalue weighted by Gasteiger charge is 2.08. The van der Waals surface area contributed by atoms with E-state index >= 15 is 0 Å². The molecule has 2 heterocycles. The fourth-order valence-electron chi connectivity index (χ4n) is 1.78. The average molecular weight is 232 g/mol. The molecule has 0 aliphatic carbocycles. The fourth-order valence-corrected chi connectivity index (χ4v) is 1.78. The largest absolute Gasteiger partial charge is 0.385 e. The molecule has 2 aromatic rings. The molecule has 0 fully saturated rings. The third-order valence-electron chi connectivity index (χ3n) is 2.62. The van der Waals surface area contributed by atoms with Crippen LogP contribution in [0.15, 0.2) is 36.7 Å². The molecule has 2 aromatic heterocycles. The zero-order valence-electron chi connectivity index (χ0n) is 9.85. The van der Waals surface area contributed by atoms with Gasteiger partial charge in [0, 0.05) is 32.7 Å². The molecule has 4 nitrogen and oxygen atoms in total. The molecule has 2 rings (SSSR count). The number of amides is 1. The van der Waals surface area contributed by atoms with Gasteiger partial charge in [0.1, 0.15) is 0 Å². The van der Waals surface area contributed by atoms with Crippen LogP contribution in [0.25, 0.3) is 5.52 Å². The number of nitrogens with zero attached hydrogens (tertiary/aromatic N) is 1. The Labute approximate surface area is 100 Å². The lowest BCUT2D eigenvalue weighted by molar-refractivity contribution is 0.0950. The van der Waals surface area contributed by atoms with Crippen molar-refractivity contribution in [2.75, 3.05) is 20.3 Å². The Kier molecular flexibility index (Phi) is 3.77. The fraction of sp³-hybridized carbons (Fsp3) is 0.308. The van der Waals surface area contributed by atoms with Gasteiger partial charge in [-0.25, -0.2) is 0 Å². The first-order chi connectivity index (χ1) is 8.33. The second-order valence-corrected chi connectivity index (χ2v) is 3.82. The second kappa shape index (κ2) is 5.50. The van der Waals surface area contributed by atoms with E-state index in [9.17, 15) is 4.79 Å². The van der Waals surface area contributed by atoms with Gasteiger partial charge in [-0.05, 0) is 30.7 Å². The van der Waals surface area contributed by atoms with Crippen molar-refractivity contribution in [1.29, 1.82) is 0 Å². The summed E-state index contributed by atoms with van der Waals surface area (Å²) in [7, 11) is 1.66. The van der Waals surface area contributed by atoms with E-state index in [0.717, 1.165) is 11.9 Å². The third kappa shape index (κ3) is 2.65. The van der Waals surface area contributed by atoms with Crippen LogP contribution in [0, 0.1) is 0 Å². The number of pyridine rings is 1. The van der Waals surface area contributed by atoms with Crippen LogP contribution in [0.5, 0.6) is 0 Å². The van der Waals surface area contributed by atoms with Gasteiger partial charge in [-0.15, -0.1) is 0 Å². The summed E-state index contributed by atoms with van der Waals surface area (Å²) < 4.78 is 6.87. The molecule has 0 unspecified atom stereocenters. The number of ether oxygens (including phenoxy) is 1. The van der Waals surface area contributed by atoms with E-state index in [0.29, 0.717) is 18.7 Å². The number of carbonyl (C=O) groups is 1. The molecule has 4 heteroatoms. The highest BCUT2D eigenvalue weighted by Crippen LogP contribution is 2.11. The summed E-state index contributed by atoms with van der Waals surface area (Å²) in [5.74, 6) is -0.0367. The zero-order chi connectivity index (χ0) is 12.1. The lowest BCUT2D eigenvalue weighted by Crippen LogP contribution is -2.25. The number of aromatic nitrogens is 1. The predicted molar refractivity (Wildman–Crippen MR) is 66.2 cm³/mol. The maximum Gasteiger partial charge on any atom is 0.253 e. The summed E-state index contributed by atoms with van der Waals surface area (Å²) >= 11 is 0. The Bertz CT molecular complexity index is 505. The van der Waals surface area contributed by atoms with E-state index in [1.54, 1.807) is 7.11 Å². The summed E-state index contributed by atoms with van der Waals surface area (Å²) in [6.45, 7) is 1.30. The van der Waals surface area contributed by atoms with Gasteiger partial charge >= 0.3 is 0 Å².